The maximum Gasteiger partial charge on any atom is 0.161 e. The molecule has 0 saturated carbocycles. The summed E-state index contributed by atoms with van der Waals surface area (Å²) < 4.78 is 23.6. The van der Waals surface area contributed by atoms with Crippen LogP contribution in [0.1, 0.15) is 20.8 Å². The lowest BCUT2D eigenvalue weighted by molar-refractivity contribution is -0.217. The summed E-state index contributed by atoms with van der Waals surface area (Å²) >= 11 is 0. The number of ether oxygens (including phenoxy) is 2. The van der Waals surface area contributed by atoms with Crippen molar-refractivity contribution in [3.8, 4) is 0 Å². The Morgan fingerprint density at radius 1 is 1.29 bits per heavy atom. The van der Waals surface area contributed by atoms with Crippen LogP contribution in [0, 0.1) is 17.3 Å². The highest BCUT2D eigenvalue weighted by molar-refractivity contribution is 6.26. The van der Waals surface area contributed by atoms with Gasteiger partial charge < -0.3 is 23.4 Å². The molecule has 1 fully saturated rings. The second-order valence-electron chi connectivity index (χ2n) is 6.32. The number of aliphatic hydroxyl groups is 1. The van der Waals surface area contributed by atoms with Gasteiger partial charge in [0.05, 0.1) is 25.4 Å². The normalized spacial score (nSPS) is 33.3. The van der Waals surface area contributed by atoms with E-state index in [2.05, 4.69) is 33.9 Å². The van der Waals surface area contributed by atoms with Crippen LogP contribution in [-0.4, -0.2) is 63.5 Å². The van der Waals surface area contributed by atoms with Crippen LogP contribution in [0.3, 0.4) is 0 Å². The van der Waals surface area contributed by atoms with Gasteiger partial charge in [0.15, 0.2) is 19.5 Å². The zero-order valence-corrected chi connectivity index (χ0v) is 17.1. The highest BCUT2D eigenvalue weighted by atomic mass is 28.2. The molecule has 1 heterocycles. The number of aliphatic hydroxyl groups excluding tert-OH is 1. The predicted octanol–water partition coefficient (Wildman–Crippen LogP) is 0.294. The molecule has 0 amide bonds. The van der Waals surface area contributed by atoms with Crippen LogP contribution in [0.15, 0.2) is 0 Å². The van der Waals surface area contributed by atoms with Crippen LogP contribution in [0.25, 0.3) is 0 Å². The van der Waals surface area contributed by atoms with Crippen molar-refractivity contribution in [2.75, 3.05) is 20.3 Å². The Kier molecular flexibility index (Phi) is 8.04. The highest BCUT2D eigenvalue weighted by Gasteiger charge is 2.50. The first-order valence-electron chi connectivity index (χ1n) is 7.92. The monoisotopic (exact) mass is 336 g/mol. The standard InChI is InChI=1S/C14H32O5Si2/c1-9-8-17-10(7-15)11(12(9)16-4)14(2,3)13(18-20-5)19-21-6/h9-13,15H,7-8,20-21H2,1-6H3. The summed E-state index contributed by atoms with van der Waals surface area (Å²) in [6.45, 7) is 11.3. The first kappa shape index (κ1) is 19.3. The lowest BCUT2D eigenvalue weighted by Gasteiger charge is -2.50. The molecule has 4 atom stereocenters. The minimum atomic E-state index is -0.576. The molecule has 0 spiro atoms. The number of methoxy groups -OCH3 is 1. The molecule has 0 aliphatic carbocycles. The van der Waals surface area contributed by atoms with Crippen molar-refractivity contribution in [1.82, 2.24) is 0 Å². The maximum atomic E-state index is 9.72. The summed E-state index contributed by atoms with van der Waals surface area (Å²) in [6, 6.07) is 0. The molecule has 7 heteroatoms. The van der Waals surface area contributed by atoms with E-state index in [1.54, 1.807) is 7.11 Å². The Bertz CT molecular complexity index is 297. The van der Waals surface area contributed by atoms with E-state index in [1.807, 2.05) is 0 Å². The van der Waals surface area contributed by atoms with E-state index >= 15 is 0 Å². The van der Waals surface area contributed by atoms with E-state index in [4.69, 9.17) is 18.3 Å². The van der Waals surface area contributed by atoms with Gasteiger partial charge in [0.2, 0.25) is 0 Å². The third-order valence-corrected chi connectivity index (χ3v) is 5.72. The van der Waals surface area contributed by atoms with Crippen LogP contribution in [0.2, 0.25) is 13.1 Å². The lowest BCUT2D eigenvalue weighted by Crippen LogP contribution is -2.57. The minimum Gasteiger partial charge on any atom is -0.400 e. The van der Waals surface area contributed by atoms with E-state index in [-0.39, 0.29) is 36.4 Å². The summed E-state index contributed by atoms with van der Waals surface area (Å²) in [5.74, 6) is 0.336. The summed E-state index contributed by atoms with van der Waals surface area (Å²) in [6.07, 6.45) is -0.415. The first-order valence-corrected chi connectivity index (χ1v) is 11.9. The van der Waals surface area contributed by atoms with Crippen molar-refractivity contribution in [2.45, 2.75) is 52.4 Å². The van der Waals surface area contributed by atoms with Crippen molar-refractivity contribution in [1.29, 1.82) is 0 Å². The van der Waals surface area contributed by atoms with Gasteiger partial charge in [0.25, 0.3) is 0 Å². The number of rotatable bonds is 8. The second-order valence-corrected chi connectivity index (χ2v) is 8.14. The van der Waals surface area contributed by atoms with E-state index in [9.17, 15) is 5.11 Å². The largest absolute Gasteiger partial charge is 0.400 e. The van der Waals surface area contributed by atoms with Crippen LogP contribution >= 0.6 is 0 Å². The SMILES string of the molecule is COC1C(C)COC(CO)C1C(C)(C)C(O[SiH2]C)O[SiH2]C. The van der Waals surface area contributed by atoms with Gasteiger partial charge in [-0.3, -0.25) is 0 Å². The summed E-state index contributed by atoms with van der Waals surface area (Å²) in [5, 5.41) is 9.72. The fourth-order valence-corrected chi connectivity index (χ4v) is 5.27. The van der Waals surface area contributed by atoms with Crippen LogP contribution in [0.4, 0.5) is 0 Å². The third kappa shape index (κ3) is 4.37. The Morgan fingerprint density at radius 3 is 2.29 bits per heavy atom. The van der Waals surface area contributed by atoms with Gasteiger partial charge in [0.1, 0.15) is 6.29 Å². The zero-order valence-electron chi connectivity index (χ0n) is 14.3. The molecule has 0 radical (unpaired) electrons. The smallest absolute Gasteiger partial charge is 0.161 e. The quantitative estimate of drug-likeness (QED) is 0.510. The average molecular weight is 337 g/mol. The van der Waals surface area contributed by atoms with Gasteiger partial charge >= 0.3 is 0 Å². The molecule has 5 nitrogen and oxygen atoms in total. The van der Waals surface area contributed by atoms with E-state index < -0.39 is 19.5 Å². The zero-order chi connectivity index (χ0) is 16.0. The summed E-state index contributed by atoms with van der Waals surface area (Å²) in [4.78, 5) is 0. The molecule has 21 heavy (non-hydrogen) atoms. The average Bonchev–Trinajstić information content (AvgIpc) is 2.46. The van der Waals surface area contributed by atoms with Crippen molar-refractivity contribution in [3.63, 3.8) is 0 Å². The molecule has 126 valence electrons. The van der Waals surface area contributed by atoms with Crippen LogP contribution in [-0.2, 0) is 18.3 Å². The number of hydrogen-bond donors (Lipinski definition) is 1. The molecule has 1 aliphatic heterocycles. The molecule has 0 aromatic heterocycles. The van der Waals surface area contributed by atoms with Crippen LogP contribution < -0.4 is 0 Å². The van der Waals surface area contributed by atoms with Crippen LogP contribution in [0.5, 0.6) is 0 Å². The van der Waals surface area contributed by atoms with E-state index in [1.165, 1.54) is 0 Å². The molecule has 1 aliphatic rings. The molecular weight excluding hydrogens is 304 g/mol. The fraction of sp³-hybridized carbons (Fsp3) is 1.00. The molecule has 1 N–H and O–H groups in total. The topological polar surface area (TPSA) is 57.2 Å². The summed E-state index contributed by atoms with van der Waals surface area (Å²) in [5.41, 5.74) is -0.269. The molecule has 1 saturated heterocycles. The second kappa shape index (κ2) is 8.76. The first-order chi connectivity index (χ1) is 9.93. The molecule has 0 bridgehead atoms. The third-order valence-electron chi connectivity index (χ3n) is 4.44. The molecule has 1 rings (SSSR count). The van der Waals surface area contributed by atoms with Gasteiger partial charge in [0, 0.05) is 24.4 Å². The van der Waals surface area contributed by atoms with Gasteiger partial charge in [-0.25, -0.2) is 0 Å². The molecule has 0 aromatic carbocycles. The Morgan fingerprint density at radius 2 is 1.86 bits per heavy atom. The fourth-order valence-electron chi connectivity index (χ4n) is 3.42. The van der Waals surface area contributed by atoms with Crippen molar-refractivity contribution < 1.29 is 23.4 Å². The number of hydrogen-bond acceptors (Lipinski definition) is 5. The molecule has 4 unspecified atom stereocenters. The van der Waals surface area contributed by atoms with Crippen molar-refractivity contribution in [3.05, 3.63) is 0 Å². The van der Waals surface area contributed by atoms with Gasteiger partial charge in [-0.1, -0.05) is 33.9 Å². The van der Waals surface area contributed by atoms with Crippen molar-refractivity contribution >= 4 is 19.5 Å². The summed E-state index contributed by atoms with van der Waals surface area (Å²) in [7, 11) is 0.589. The predicted molar refractivity (Wildman–Crippen MR) is 88.8 cm³/mol. The minimum absolute atomic E-state index is 0.000500. The Labute approximate surface area is 133 Å². The van der Waals surface area contributed by atoms with Gasteiger partial charge in [-0.2, -0.15) is 0 Å². The van der Waals surface area contributed by atoms with E-state index in [0.717, 1.165) is 0 Å². The lowest BCUT2D eigenvalue weighted by atomic mass is 9.68. The van der Waals surface area contributed by atoms with Gasteiger partial charge in [-0.15, -0.1) is 0 Å². The maximum absolute atomic E-state index is 9.72. The molecular formula is C14H32O5Si2. The molecule has 0 aromatic rings. The van der Waals surface area contributed by atoms with Crippen molar-refractivity contribution in [2.24, 2.45) is 17.3 Å². The Balaban J connectivity index is 3.06. The van der Waals surface area contributed by atoms with E-state index in [0.29, 0.717) is 12.5 Å². The van der Waals surface area contributed by atoms with Gasteiger partial charge in [-0.05, 0) is 0 Å². The highest BCUT2D eigenvalue weighted by Crippen LogP contribution is 2.43. The Hall–Kier alpha value is 0.234.